The van der Waals surface area contributed by atoms with Crippen molar-refractivity contribution < 1.29 is 4.79 Å². The molecule has 1 aromatic carbocycles. The van der Waals surface area contributed by atoms with Gasteiger partial charge in [-0.2, -0.15) is 0 Å². The van der Waals surface area contributed by atoms with Crippen molar-refractivity contribution in [1.82, 2.24) is 14.3 Å². The largest absolute Gasteiger partial charge is 0.345 e. The maximum Gasteiger partial charge on any atom is 0.209 e. The summed E-state index contributed by atoms with van der Waals surface area (Å²) in [6.45, 7) is 1.57. The maximum absolute atomic E-state index is 11.1. The number of benzene rings is 1. The van der Waals surface area contributed by atoms with Crippen LogP contribution in [-0.4, -0.2) is 33.8 Å². The highest BCUT2D eigenvalue weighted by molar-refractivity contribution is 6.30. The van der Waals surface area contributed by atoms with Gasteiger partial charge in [-0.05, 0) is 37.1 Å². The highest BCUT2D eigenvalue weighted by atomic mass is 35.5. The molecule has 0 spiro atoms. The number of halogens is 1. The fourth-order valence-corrected chi connectivity index (χ4v) is 3.70. The first-order valence-corrected chi connectivity index (χ1v) is 8.56. The molecule has 5 heteroatoms. The van der Waals surface area contributed by atoms with Crippen LogP contribution < -0.4 is 0 Å². The van der Waals surface area contributed by atoms with E-state index in [1.807, 2.05) is 47.5 Å². The molecule has 4 rings (SSSR count). The normalized spacial score (nSPS) is 18.0. The van der Waals surface area contributed by atoms with Crippen molar-refractivity contribution in [1.29, 1.82) is 0 Å². The minimum absolute atomic E-state index is 0.256. The van der Waals surface area contributed by atoms with Crippen LogP contribution >= 0.6 is 11.6 Å². The van der Waals surface area contributed by atoms with Crippen LogP contribution in [0.3, 0.4) is 0 Å². The van der Waals surface area contributed by atoms with Gasteiger partial charge < -0.3 is 9.30 Å². The number of pyridine rings is 1. The molecule has 0 N–H and O–H groups in total. The molecule has 1 atom stereocenters. The van der Waals surface area contributed by atoms with Crippen LogP contribution in [-0.2, 0) is 4.79 Å². The summed E-state index contributed by atoms with van der Waals surface area (Å²) < 4.78 is 2.15. The van der Waals surface area contributed by atoms with Gasteiger partial charge in [-0.1, -0.05) is 29.8 Å². The molecule has 0 radical (unpaired) electrons. The van der Waals surface area contributed by atoms with Gasteiger partial charge in [0, 0.05) is 35.8 Å². The lowest BCUT2D eigenvalue weighted by atomic mass is 9.97. The van der Waals surface area contributed by atoms with E-state index in [0.717, 1.165) is 54.9 Å². The number of imidazole rings is 1. The third kappa shape index (κ3) is 2.67. The average Bonchev–Trinajstić information content (AvgIpc) is 3.01. The van der Waals surface area contributed by atoms with E-state index >= 15 is 0 Å². The average molecular weight is 340 g/mol. The zero-order valence-corrected chi connectivity index (χ0v) is 14.0. The Balaban J connectivity index is 1.84. The topological polar surface area (TPSA) is 37.6 Å². The van der Waals surface area contributed by atoms with E-state index < -0.39 is 0 Å². The van der Waals surface area contributed by atoms with Gasteiger partial charge in [-0.3, -0.25) is 4.79 Å². The van der Waals surface area contributed by atoms with Crippen molar-refractivity contribution in [2.24, 2.45) is 0 Å². The number of nitrogens with zero attached hydrogens (tertiary/aromatic N) is 3. The highest BCUT2D eigenvalue weighted by Crippen LogP contribution is 2.32. The third-order valence-corrected chi connectivity index (χ3v) is 4.88. The Hall–Kier alpha value is -2.33. The Morgan fingerprint density at radius 3 is 2.96 bits per heavy atom. The van der Waals surface area contributed by atoms with Gasteiger partial charge in [0.25, 0.3) is 0 Å². The first-order valence-electron chi connectivity index (χ1n) is 8.18. The lowest BCUT2D eigenvalue weighted by Gasteiger charge is -2.29. The molecular weight excluding hydrogens is 322 g/mol. The molecule has 122 valence electrons. The van der Waals surface area contributed by atoms with E-state index in [2.05, 4.69) is 10.5 Å². The van der Waals surface area contributed by atoms with Crippen LogP contribution in [0.5, 0.6) is 0 Å². The minimum atomic E-state index is 0.256. The molecule has 0 bridgehead atoms. The first-order chi connectivity index (χ1) is 11.8. The molecule has 4 nitrogen and oxygen atoms in total. The van der Waals surface area contributed by atoms with Crippen LogP contribution in [0, 0.1) is 0 Å². The second kappa shape index (κ2) is 6.29. The second-order valence-corrected chi connectivity index (χ2v) is 6.66. The van der Waals surface area contributed by atoms with Crippen LogP contribution in [0.25, 0.3) is 16.8 Å². The number of carbonyl (C=O) groups excluding carboxylic acids is 1. The van der Waals surface area contributed by atoms with E-state index in [1.165, 1.54) is 0 Å². The predicted octanol–water partition coefficient (Wildman–Crippen LogP) is 3.99. The maximum atomic E-state index is 11.1. The van der Waals surface area contributed by atoms with Crippen molar-refractivity contribution in [2.45, 2.75) is 18.8 Å². The minimum Gasteiger partial charge on any atom is -0.345 e. The number of amides is 1. The van der Waals surface area contributed by atoms with Crippen LogP contribution in [0.1, 0.15) is 24.6 Å². The zero-order chi connectivity index (χ0) is 16.5. The van der Waals surface area contributed by atoms with E-state index in [9.17, 15) is 4.79 Å². The molecule has 0 aliphatic carbocycles. The summed E-state index contributed by atoms with van der Waals surface area (Å²) in [4.78, 5) is 17.9. The Labute approximate surface area is 145 Å². The molecule has 1 amide bonds. The third-order valence-electron chi connectivity index (χ3n) is 4.64. The number of aromatic nitrogens is 2. The summed E-state index contributed by atoms with van der Waals surface area (Å²) in [5, 5.41) is 0.705. The quantitative estimate of drug-likeness (QED) is 0.677. The molecule has 1 aliphatic heterocycles. The van der Waals surface area contributed by atoms with Crippen molar-refractivity contribution in [3.63, 3.8) is 0 Å². The summed E-state index contributed by atoms with van der Waals surface area (Å²) in [5.41, 5.74) is 3.02. The molecule has 1 unspecified atom stereocenters. The van der Waals surface area contributed by atoms with Crippen molar-refractivity contribution in [3.8, 4) is 11.3 Å². The van der Waals surface area contributed by atoms with E-state index in [0.29, 0.717) is 5.02 Å². The Kier molecular flexibility index (Phi) is 3.98. The first kappa shape index (κ1) is 15.2. The molecule has 3 aromatic rings. The smallest absolute Gasteiger partial charge is 0.209 e. The van der Waals surface area contributed by atoms with Gasteiger partial charge in [-0.15, -0.1) is 0 Å². The summed E-state index contributed by atoms with van der Waals surface area (Å²) in [6.07, 6.45) is 5.05. The van der Waals surface area contributed by atoms with E-state index in [4.69, 9.17) is 16.6 Å². The molecule has 24 heavy (non-hydrogen) atoms. The number of likely N-dealkylation sites (tertiary alicyclic amines) is 1. The van der Waals surface area contributed by atoms with Crippen molar-refractivity contribution >= 4 is 23.5 Å². The fourth-order valence-electron chi connectivity index (χ4n) is 3.51. The molecule has 1 saturated heterocycles. The van der Waals surface area contributed by atoms with Gasteiger partial charge >= 0.3 is 0 Å². The zero-order valence-electron chi connectivity index (χ0n) is 13.2. The SMILES string of the molecule is O=CN1CCCC(c2nc(-c3cccc(Cl)c3)c3ccccn23)C1. The fraction of sp³-hybridized carbons (Fsp3) is 0.263. The van der Waals surface area contributed by atoms with Gasteiger partial charge in [0.15, 0.2) is 0 Å². The Morgan fingerprint density at radius 2 is 2.12 bits per heavy atom. The molecular formula is C19H18ClN3O. The Morgan fingerprint density at radius 1 is 1.21 bits per heavy atom. The summed E-state index contributed by atoms with van der Waals surface area (Å²) >= 11 is 6.16. The number of fused-ring (bicyclic) bond motifs is 1. The number of piperidine rings is 1. The van der Waals surface area contributed by atoms with Gasteiger partial charge in [0.05, 0.1) is 11.2 Å². The number of rotatable bonds is 3. The van der Waals surface area contributed by atoms with Crippen LogP contribution in [0.15, 0.2) is 48.7 Å². The number of carbonyl (C=O) groups is 1. The second-order valence-electron chi connectivity index (χ2n) is 6.22. The summed E-state index contributed by atoms with van der Waals surface area (Å²) in [6, 6.07) is 13.9. The summed E-state index contributed by atoms with van der Waals surface area (Å²) in [5.74, 6) is 1.28. The van der Waals surface area contributed by atoms with Crippen molar-refractivity contribution in [3.05, 3.63) is 59.5 Å². The van der Waals surface area contributed by atoms with Crippen molar-refractivity contribution in [2.75, 3.05) is 13.1 Å². The number of hydrogen-bond donors (Lipinski definition) is 0. The van der Waals surface area contributed by atoms with E-state index in [-0.39, 0.29) is 5.92 Å². The summed E-state index contributed by atoms with van der Waals surface area (Å²) in [7, 11) is 0. The number of hydrogen-bond acceptors (Lipinski definition) is 2. The van der Waals surface area contributed by atoms with E-state index in [1.54, 1.807) is 0 Å². The van der Waals surface area contributed by atoms with Crippen LogP contribution in [0.4, 0.5) is 0 Å². The lowest BCUT2D eigenvalue weighted by molar-refractivity contribution is -0.119. The molecule has 0 saturated carbocycles. The van der Waals surface area contributed by atoms with Gasteiger partial charge in [0.1, 0.15) is 5.82 Å². The standard InChI is InChI=1S/C19H18ClN3O/c20-16-7-3-5-14(11-16)18-17-8-1-2-10-23(17)19(21-18)15-6-4-9-22(12-15)13-24/h1-3,5,7-8,10-11,13,15H,4,6,9,12H2. The van der Waals surface area contributed by atoms with Gasteiger partial charge in [-0.25, -0.2) is 4.98 Å². The molecule has 2 aromatic heterocycles. The highest BCUT2D eigenvalue weighted by Gasteiger charge is 2.25. The molecule has 1 fully saturated rings. The van der Waals surface area contributed by atoms with Gasteiger partial charge in [0.2, 0.25) is 6.41 Å². The van der Waals surface area contributed by atoms with Crippen LogP contribution in [0.2, 0.25) is 5.02 Å². The Bertz CT molecular complexity index is 889. The monoisotopic (exact) mass is 339 g/mol. The molecule has 3 heterocycles. The predicted molar refractivity (Wildman–Crippen MR) is 95.3 cm³/mol. The lowest BCUT2D eigenvalue weighted by Crippen LogP contribution is -2.33. The molecule has 1 aliphatic rings.